The van der Waals surface area contributed by atoms with Crippen LogP contribution in [0.4, 0.5) is 0 Å². The maximum Gasteiger partial charge on any atom is 0.164 e. The van der Waals surface area contributed by atoms with E-state index in [2.05, 4.69) is 103 Å². The third-order valence-electron chi connectivity index (χ3n) is 10.3. The average Bonchev–Trinajstić information content (AvgIpc) is 3.60. The Morgan fingerprint density at radius 1 is 0.294 bits per heavy atom. The summed E-state index contributed by atoms with van der Waals surface area (Å²) in [5.74, 6) is 1.86. The minimum absolute atomic E-state index is 0.608. The second-order valence-corrected chi connectivity index (χ2v) is 13.1. The highest BCUT2D eigenvalue weighted by molar-refractivity contribution is 6.39. The van der Waals surface area contributed by atoms with Crippen molar-refractivity contribution in [2.75, 3.05) is 0 Å². The lowest BCUT2D eigenvalue weighted by molar-refractivity contribution is 0.669. The fourth-order valence-electron chi connectivity index (χ4n) is 8.06. The Morgan fingerprint density at radius 3 is 1.45 bits per heavy atom. The van der Waals surface area contributed by atoms with E-state index in [-0.39, 0.29) is 0 Å². The summed E-state index contributed by atoms with van der Waals surface area (Å²) < 4.78 is 6.25. The molecule has 11 rings (SSSR count). The number of hydrogen-bond donors (Lipinski definition) is 0. The van der Waals surface area contributed by atoms with Crippen LogP contribution >= 0.6 is 0 Å². The minimum atomic E-state index is 0.608. The van der Waals surface area contributed by atoms with Crippen molar-refractivity contribution in [3.05, 3.63) is 164 Å². The molecule has 9 aromatic carbocycles. The van der Waals surface area contributed by atoms with Gasteiger partial charge in [0, 0.05) is 27.5 Å². The van der Waals surface area contributed by atoms with Gasteiger partial charge in [-0.2, -0.15) is 0 Å². The number of para-hydroxylation sites is 1. The molecule has 2 heterocycles. The van der Waals surface area contributed by atoms with Gasteiger partial charge in [0.15, 0.2) is 17.5 Å². The molecule has 0 radical (unpaired) electrons. The standard InChI is InChI=1S/C47H27N3O/c1-2-13-28(14-3-1)45-48-46(50-47(49-45)38-22-12-24-41-42(38)37-21-10-11-23-40(37)51-41)29-25-26-36-39(27-29)32-17-6-9-20-35(32)43-33-18-7-4-15-30(33)31-16-5-8-19-34(31)44(36)43/h1-27H. The zero-order chi connectivity index (χ0) is 33.5. The smallest absolute Gasteiger partial charge is 0.164 e. The van der Waals surface area contributed by atoms with Crippen molar-refractivity contribution < 1.29 is 4.42 Å². The topological polar surface area (TPSA) is 51.8 Å². The quantitative estimate of drug-likeness (QED) is 0.179. The van der Waals surface area contributed by atoms with Crippen molar-refractivity contribution in [2.45, 2.75) is 0 Å². The lowest BCUT2D eigenvalue weighted by Crippen LogP contribution is -2.00. The predicted octanol–water partition coefficient (Wildman–Crippen LogP) is 12.5. The van der Waals surface area contributed by atoms with E-state index in [1.165, 1.54) is 53.9 Å². The molecule has 0 aliphatic rings. The summed E-state index contributed by atoms with van der Waals surface area (Å²) in [6.07, 6.45) is 0. The Balaban J connectivity index is 1.23. The third kappa shape index (κ3) is 4.17. The molecule has 0 unspecified atom stereocenters. The molecule has 4 heteroatoms. The number of benzene rings is 9. The minimum Gasteiger partial charge on any atom is -0.456 e. The molecule has 0 N–H and O–H groups in total. The van der Waals surface area contributed by atoms with E-state index in [0.717, 1.165) is 38.6 Å². The molecule has 2 aromatic heterocycles. The van der Waals surface area contributed by atoms with Crippen LogP contribution in [0.1, 0.15) is 0 Å². The van der Waals surface area contributed by atoms with Crippen molar-refractivity contribution in [3.8, 4) is 34.2 Å². The molecule has 0 atom stereocenters. The van der Waals surface area contributed by atoms with Crippen LogP contribution < -0.4 is 0 Å². The molecule has 51 heavy (non-hydrogen) atoms. The summed E-state index contributed by atoms with van der Waals surface area (Å²) in [7, 11) is 0. The lowest BCUT2D eigenvalue weighted by atomic mass is 9.87. The van der Waals surface area contributed by atoms with Gasteiger partial charge >= 0.3 is 0 Å². The number of rotatable bonds is 3. The Bertz CT molecular complexity index is 3200. The molecule has 0 saturated carbocycles. The predicted molar refractivity (Wildman–Crippen MR) is 211 cm³/mol. The van der Waals surface area contributed by atoms with Crippen LogP contribution in [-0.2, 0) is 0 Å². The molecule has 0 fully saturated rings. The number of furan rings is 1. The first kappa shape index (κ1) is 28.0. The Kier molecular flexibility index (Phi) is 5.92. The van der Waals surface area contributed by atoms with Crippen molar-refractivity contribution in [3.63, 3.8) is 0 Å². The van der Waals surface area contributed by atoms with Crippen LogP contribution in [0.5, 0.6) is 0 Å². The van der Waals surface area contributed by atoms with Gasteiger partial charge in [0.05, 0.1) is 0 Å². The van der Waals surface area contributed by atoms with Gasteiger partial charge in [0.25, 0.3) is 0 Å². The van der Waals surface area contributed by atoms with Crippen LogP contribution in [-0.4, -0.2) is 15.0 Å². The first-order valence-corrected chi connectivity index (χ1v) is 17.2. The number of aromatic nitrogens is 3. The van der Waals surface area contributed by atoms with E-state index >= 15 is 0 Å². The molecular weight excluding hydrogens is 623 g/mol. The largest absolute Gasteiger partial charge is 0.456 e. The molecule has 0 amide bonds. The van der Waals surface area contributed by atoms with Gasteiger partial charge in [0.1, 0.15) is 11.2 Å². The van der Waals surface area contributed by atoms with Crippen LogP contribution in [0.3, 0.4) is 0 Å². The molecule has 0 aliphatic heterocycles. The SMILES string of the molecule is c1ccc(-c2nc(-c3ccc4c(c3)c3ccccc3c3c5ccccc5c5ccccc5c43)nc(-c3cccc4oc5ccccc5c34)n2)cc1. The molecule has 0 bridgehead atoms. The lowest BCUT2D eigenvalue weighted by Gasteiger charge is -2.17. The number of fused-ring (bicyclic) bond motifs is 14. The van der Waals surface area contributed by atoms with Crippen molar-refractivity contribution >= 4 is 75.8 Å². The van der Waals surface area contributed by atoms with Crippen molar-refractivity contribution in [2.24, 2.45) is 0 Å². The summed E-state index contributed by atoms with van der Waals surface area (Å²) in [4.78, 5) is 15.4. The zero-order valence-electron chi connectivity index (χ0n) is 27.3. The number of nitrogens with zero attached hydrogens (tertiary/aromatic N) is 3. The highest BCUT2D eigenvalue weighted by atomic mass is 16.3. The first-order chi connectivity index (χ1) is 25.3. The number of hydrogen-bond acceptors (Lipinski definition) is 4. The summed E-state index contributed by atoms with van der Waals surface area (Å²) in [5.41, 5.74) is 4.42. The van der Waals surface area contributed by atoms with E-state index in [4.69, 9.17) is 19.4 Å². The van der Waals surface area contributed by atoms with Crippen molar-refractivity contribution in [1.29, 1.82) is 0 Å². The van der Waals surface area contributed by atoms with Crippen LogP contribution in [0.2, 0.25) is 0 Å². The maximum absolute atomic E-state index is 6.25. The molecule has 0 saturated heterocycles. The van der Waals surface area contributed by atoms with Gasteiger partial charge in [-0.05, 0) is 72.1 Å². The fourth-order valence-corrected chi connectivity index (χ4v) is 8.06. The van der Waals surface area contributed by atoms with E-state index in [1.807, 2.05) is 60.7 Å². The Hall–Kier alpha value is -6.91. The van der Waals surface area contributed by atoms with Gasteiger partial charge in [-0.3, -0.25) is 0 Å². The molecule has 0 spiro atoms. The van der Waals surface area contributed by atoms with E-state index < -0.39 is 0 Å². The van der Waals surface area contributed by atoms with Gasteiger partial charge in [0.2, 0.25) is 0 Å². The third-order valence-corrected chi connectivity index (χ3v) is 10.3. The highest BCUT2D eigenvalue weighted by Gasteiger charge is 2.20. The molecular formula is C47H27N3O. The van der Waals surface area contributed by atoms with E-state index in [0.29, 0.717) is 17.5 Å². The van der Waals surface area contributed by atoms with Gasteiger partial charge in [-0.25, -0.2) is 15.0 Å². The summed E-state index contributed by atoms with van der Waals surface area (Å²) in [5, 5.41) is 14.5. The zero-order valence-corrected chi connectivity index (χ0v) is 27.3. The Labute approximate surface area is 292 Å². The van der Waals surface area contributed by atoms with Gasteiger partial charge < -0.3 is 4.42 Å². The molecule has 4 nitrogen and oxygen atoms in total. The summed E-state index contributed by atoms with van der Waals surface area (Å²) >= 11 is 0. The van der Waals surface area contributed by atoms with Crippen LogP contribution in [0.15, 0.2) is 168 Å². The summed E-state index contributed by atoms with van der Waals surface area (Å²) in [6, 6.07) is 57.4. The van der Waals surface area contributed by atoms with Crippen molar-refractivity contribution in [1.82, 2.24) is 15.0 Å². The Morgan fingerprint density at radius 2 is 0.784 bits per heavy atom. The van der Waals surface area contributed by atoms with Gasteiger partial charge in [-0.1, -0.05) is 146 Å². The monoisotopic (exact) mass is 649 g/mol. The molecule has 0 aliphatic carbocycles. The molecule has 11 aromatic rings. The molecule has 236 valence electrons. The highest BCUT2D eigenvalue weighted by Crippen LogP contribution is 2.44. The second kappa shape index (κ2) is 10.8. The fraction of sp³-hybridized carbons (Fsp3) is 0. The van der Waals surface area contributed by atoms with Gasteiger partial charge in [-0.15, -0.1) is 0 Å². The van der Waals surface area contributed by atoms with E-state index in [9.17, 15) is 0 Å². The average molecular weight is 650 g/mol. The first-order valence-electron chi connectivity index (χ1n) is 17.2. The van der Waals surface area contributed by atoms with Crippen LogP contribution in [0.25, 0.3) is 110 Å². The summed E-state index contributed by atoms with van der Waals surface area (Å²) in [6.45, 7) is 0. The van der Waals surface area contributed by atoms with Crippen LogP contribution in [0, 0.1) is 0 Å². The second-order valence-electron chi connectivity index (χ2n) is 13.1. The van der Waals surface area contributed by atoms with E-state index in [1.54, 1.807) is 0 Å². The maximum atomic E-state index is 6.25. The normalized spacial score (nSPS) is 11.9.